The summed E-state index contributed by atoms with van der Waals surface area (Å²) in [4.78, 5) is 26.0. The van der Waals surface area contributed by atoms with E-state index in [1.165, 1.54) is 26.5 Å². The summed E-state index contributed by atoms with van der Waals surface area (Å²) in [6.07, 6.45) is 11.9. The van der Waals surface area contributed by atoms with Gasteiger partial charge in [0.05, 0.1) is 0 Å². The normalized spacial score (nSPS) is 18.4. The molecule has 31 heavy (non-hydrogen) atoms. The molecule has 162 valence electrons. The lowest BCUT2D eigenvalue weighted by Crippen LogP contribution is -2.23. The molecule has 1 amide bonds. The average molecular weight is 436 g/mol. The Balaban J connectivity index is 1.64. The maximum Gasteiger partial charge on any atom is 0.287 e. The highest BCUT2D eigenvalue weighted by Gasteiger charge is 2.25. The topological polar surface area (TPSA) is 59.3 Å². The van der Waals surface area contributed by atoms with E-state index in [1.807, 2.05) is 43.4 Å². The zero-order chi connectivity index (χ0) is 22.0. The lowest BCUT2D eigenvalue weighted by atomic mass is 9.93. The van der Waals surface area contributed by atoms with Gasteiger partial charge in [0, 0.05) is 33.4 Å². The largest absolute Gasteiger partial charge is 0.456 e. The van der Waals surface area contributed by atoms with Gasteiger partial charge in [-0.2, -0.15) is 0 Å². The van der Waals surface area contributed by atoms with Crippen LogP contribution >= 0.6 is 11.3 Å². The van der Waals surface area contributed by atoms with Crippen molar-refractivity contribution in [1.29, 1.82) is 0 Å². The van der Waals surface area contributed by atoms with Crippen LogP contribution in [-0.4, -0.2) is 18.7 Å². The van der Waals surface area contributed by atoms with E-state index in [4.69, 9.17) is 4.42 Å². The van der Waals surface area contributed by atoms with Crippen LogP contribution in [0.1, 0.15) is 82.1 Å². The van der Waals surface area contributed by atoms with Crippen molar-refractivity contribution < 1.29 is 14.0 Å². The second-order valence-corrected chi connectivity index (χ2v) is 9.58. The highest BCUT2D eigenvalue weighted by Crippen LogP contribution is 2.45. The van der Waals surface area contributed by atoms with E-state index in [1.54, 1.807) is 0 Å². The number of carbonyl (C=O) groups is 2. The van der Waals surface area contributed by atoms with Crippen molar-refractivity contribution in [1.82, 2.24) is 5.32 Å². The number of hydrogen-bond donors (Lipinski definition) is 1. The molecule has 1 unspecified atom stereocenters. The van der Waals surface area contributed by atoms with Crippen LogP contribution in [0.15, 0.2) is 40.4 Å². The third-order valence-corrected chi connectivity index (χ3v) is 7.29. The van der Waals surface area contributed by atoms with Crippen molar-refractivity contribution in [2.75, 3.05) is 6.54 Å². The summed E-state index contributed by atoms with van der Waals surface area (Å²) >= 11 is 1.85. The minimum absolute atomic E-state index is 0.141. The summed E-state index contributed by atoms with van der Waals surface area (Å²) in [6, 6.07) is 4.25. The molecule has 0 fully saturated rings. The summed E-state index contributed by atoms with van der Waals surface area (Å²) < 4.78 is 5.83. The Morgan fingerprint density at radius 1 is 1.23 bits per heavy atom. The van der Waals surface area contributed by atoms with E-state index in [0.29, 0.717) is 18.2 Å². The standard InChI is InChI=1S/C26H29NO3S/c1-4-12-27-26(29)24-13-22(16(2)30-24)20-6-5-7-21(20)23-14-25(31-17(23)3)19-10-8-18(15-28)9-11-19/h8-10,13-15,19H,4-7,11-12H2,1-3H3,(H,27,29). The molecule has 4 nitrogen and oxygen atoms in total. The maximum absolute atomic E-state index is 12.4. The van der Waals surface area contributed by atoms with Crippen LogP contribution in [0.5, 0.6) is 0 Å². The van der Waals surface area contributed by atoms with Gasteiger partial charge in [0.25, 0.3) is 5.91 Å². The molecule has 1 N–H and O–H groups in total. The first-order chi connectivity index (χ1) is 15.0. The second kappa shape index (κ2) is 9.23. The molecule has 2 aromatic heterocycles. The molecular formula is C26H29NO3S. The number of nitrogens with one attached hydrogen (secondary N) is 1. The third-order valence-electron chi connectivity index (χ3n) is 6.11. The number of carbonyl (C=O) groups excluding carboxylic acids is 2. The fourth-order valence-electron chi connectivity index (χ4n) is 4.48. The molecule has 0 saturated carbocycles. The van der Waals surface area contributed by atoms with Gasteiger partial charge in [0.2, 0.25) is 0 Å². The first kappa shape index (κ1) is 21.6. The SMILES string of the molecule is CCCNC(=O)c1cc(C2=C(c3cc(C4C=CC(C=O)=CC4)sc3C)CCC2)c(C)o1. The number of thiophene rings is 1. The van der Waals surface area contributed by atoms with Crippen LogP contribution in [0, 0.1) is 13.8 Å². The quantitative estimate of drug-likeness (QED) is 0.515. The van der Waals surface area contributed by atoms with Crippen molar-refractivity contribution in [3.8, 4) is 0 Å². The first-order valence-electron chi connectivity index (χ1n) is 11.1. The van der Waals surface area contributed by atoms with Crippen molar-refractivity contribution in [2.24, 2.45) is 0 Å². The van der Waals surface area contributed by atoms with Gasteiger partial charge in [-0.25, -0.2) is 0 Å². The van der Waals surface area contributed by atoms with E-state index in [9.17, 15) is 9.59 Å². The van der Waals surface area contributed by atoms with Gasteiger partial charge in [-0.05, 0) is 74.8 Å². The zero-order valence-corrected chi connectivity index (χ0v) is 19.2. The smallest absolute Gasteiger partial charge is 0.287 e. The molecule has 1 atom stereocenters. The Kier molecular flexibility index (Phi) is 6.42. The van der Waals surface area contributed by atoms with Crippen molar-refractivity contribution in [2.45, 2.75) is 58.8 Å². The molecule has 4 rings (SSSR count). The summed E-state index contributed by atoms with van der Waals surface area (Å²) in [5.41, 5.74) is 5.85. The Hall–Kier alpha value is -2.66. The number of allylic oxidation sites excluding steroid dienone is 6. The number of aldehydes is 1. The fraction of sp³-hybridized carbons (Fsp3) is 0.385. The lowest BCUT2D eigenvalue weighted by molar-refractivity contribution is -0.104. The van der Waals surface area contributed by atoms with Crippen LogP contribution in [-0.2, 0) is 4.79 Å². The molecule has 2 aliphatic carbocycles. The molecule has 0 aliphatic heterocycles. The average Bonchev–Trinajstić information content (AvgIpc) is 3.50. The summed E-state index contributed by atoms with van der Waals surface area (Å²) in [6.45, 7) is 6.83. The van der Waals surface area contributed by atoms with Gasteiger partial charge < -0.3 is 9.73 Å². The molecule has 0 bridgehead atoms. The van der Waals surface area contributed by atoms with Crippen LogP contribution in [0.3, 0.4) is 0 Å². The summed E-state index contributed by atoms with van der Waals surface area (Å²) in [7, 11) is 0. The van der Waals surface area contributed by atoms with Gasteiger partial charge in [0.1, 0.15) is 12.0 Å². The maximum atomic E-state index is 12.4. The Bertz CT molecular complexity index is 1100. The van der Waals surface area contributed by atoms with Crippen LogP contribution in [0.4, 0.5) is 0 Å². The van der Waals surface area contributed by atoms with Gasteiger partial charge in [-0.15, -0.1) is 11.3 Å². The summed E-state index contributed by atoms with van der Waals surface area (Å²) in [5.74, 6) is 1.40. The van der Waals surface area contributed by atoms with Gasteiger partial charge >= 0.3 is 0 Å². The van der Waals surface area contributed by atoms with E-state index >= 15 is 0 Å². The van der Waals surface area contributed by atoms with Crippen LogP contribution < -0.4 is 5.32 Å². The van der Waals surface area contributed by atoms with E-state index in [2.05, 4.69) is 24.4 Å². The lowest BCUT2D eigenvalue weighted by Gasteiger charge is -2.12. The highest BCUT2D eigenvalue weighted by atomic mass is 32.1. The van der Waals surface area contributed by atoms with Crippen LogP contribution in [0.25, 0.3) is 11.1 Å². The van der Waals surface area contributed by atoms with Crippen LogP contribution in [0.2, 0.25) is 0 Å². The van der Waals surface area contributed by atoms with Gasteiger partial charge in [0.15, 0.2) is 5.76 Å². The Morgan fingerprint density at radius 2 is 2.00 bits per heavy atom. The van der Waals surface area contributed by atoms with Gasteiger partial charge in [-0.3, -0.25) is 9.59 Å². The minimum atomic E-state index is -0.141. The van der Waals surface area contributed by atoms with E-state index in [0.717, 1.165) is 55.3 Å². The minimum Gasteiger partial charge on any atom is -0.456 e. The number of amides is 1. The molecule has 0 aromatic carbocycles. The predicted octanol–water partition coefficient (Wildman–Crippen LogP) is 6.36. The highest BCUT2D eigenvalue weighted by molar-refractivity contribution is 7.12. The first-order valence-corrected chi connectivity index (χ1v) is 11.9. The number of hydrogen-bond acceptors (Lipinski definition) is 4. The Labute approximate surface area is 187 Å². The molecular weight excluding hydrogens is 406 g/mol. The predicted molar refractivity (Wildman–Crippen MR) is 126 cm³/mol. The molecule has 2 heterocycles. The third kappa shape index (κ3) is 4.38. The molecule has 0 spiro atoms. The van der Waals surface area contributed by atoms with Gasteiger partial charge in [-0.1, -0.05) is 25.2 Å². The van der Waals surface area contributed by atoms with E-state index < -0.39 is 0 Å². The van der Waals surface area contributed by atoms with E-state index in [-0.39, 0.29) is 5.91 Å². The second-order valence-electron chi connectivity index (χ2n) is 8.29. The molecule has 2 aromatic rings. The van der Waals surface area contributed by atoms with Crippen molar-refractivity contribution in [3.63, 3.8) is 0 Å². The molecule has 2 aliphatic rings. The number of furan rings is 1. The molecule has 5 heteroatoms. The number of rotatable bonds is 7. The molecule has 0 saturated heterocycles. The monoisotopic (exact) mass is 435 g/mol. The zero-order valence-electron chi connectivity index (χ0n) is 18.4. The Morgan fingerprint density at radius 3 is 2.68 bits per heavy atom. The number of aryl methyl sites for hydroxylation is 2. The molecule has 0 radical (unpaired) electrons. The van der Waals surface area contributed by atoms with Crippen molar-refractivity contribution in [3.05, 3.63) is 68.3 Å². The fourth-order valence-corrected chi connectivity index (χ4v) is 5.63. The summed E-state index contributed by atoms with van der Waals surface area (Å²) in [5, 5.41) is 2.90. The van der Waals surface area contributed by atoms with Crippen molar-refractivity contribution >= 4 is 34.7 Å².